The van der Waals surface area contributed by atoms with Crippen molar-refractivity contribution >= 4 is 38.6 Å². The number of nitrogens with zero attached hydrogens (tertiary/aromatic N) is 1. The monoisotopic (exact) mass is 470 g/mol. The zero-order valence-electron chi connectivity index (χ0n) is 16.1. The first-order chi connectivity index (χ1) is 13.6. The van der Waals surface area contributed by atoms with Gasteiger partial charge in [-0.25, -0.2) is 0 Å². The highest BCUT2D eigenvalue weighted by molar-refractivity contribution is 9.10. The Kier molecular flexibility index (Phi) is 8.97. The van der Waals surface area contributed by atoms with Crippen LogP contribution in [0.15, 0.2) is 53.1 Å². The molecule has 0 aliphatic rings. The third-order valence-electron chi connectivity index (χ3n) is 3.52. The Hall–Kier alpha value is -2.74. The number of aromatic hydroxyl groups is 2. The molecule has 156 valence electrons. The highest BCUT2D eigenvalue weighted by atomic mass is 79.9. The molecule has 0 fully saturated rings. The molecule has 3 aromatic rings. The number of aromatic nitrogens is 1. The lowest BCUT2D eigenvalue weighted by Crippen LogP contribution is -2.05. The lowest BCUT2D eigenvalue weighted by molar-refractivity contribution is -0.137. The van der Waals surface area contributed by atoms with Gasteiger partial charge in [0.25, 0.3) is 0 Å². The number of hydrogen-bond acceptors (Lipinski definition) is 4. The summed E-state index contributed by atoms with van der Waals surface area (Å²) in [5.41, 5.74) is 6.75. The van der Waals surface area contributed by atoms with Gasteiger partial charge >= 0.3 is 6.18 Å². The maximum absolute atomic E-state index is 12.3. The van der Waals surface area contributed by atoms with Gasteiger partial charge in [0.15, 0.2) is 0 Å². The Morgan fingerprint density at radius 1 is 1.07 bits per heavy atom. The van der Waals surface area contributed by atoms with E-state index >= 15 is 0 Å². The zero-order valence-corrected chi connectivity index (χ0v) is 17.7. The molecule has 0 saturated heterocycles. The van der Waals surface area contributed by atoms with Crippen molar-refractivity contribution in [1.29, 1.82) is 0 Å². The van der Waals surface area contributed by atoms with Crippen molar-refractivity contribution in [2.45, 2.75) is 26.9 Å². The molecular formula is C21H22BrF3N2O2. The van der Waals surface area contributed by atoms with E-state index in [1.807, 2.05) is 32.9 Å². The fraction of sp³-hybridized carbons (Fsp3) is 0.190. The second-order valence-corrected chi connectivity index (χ2v) is 6.29. The Balaban J connectivity index is 0.000000273. The van der Waals surface area contributed by atoms with Crippen LogP contribution in [0, 0.1) is 0 Å². The summed E-state index contributed by atoms with van der Waals surface area (Å²) >= 11 is 3.25. The van der Waals surface area contributed by atoms with Crippen LogP contribution in [0.2, 0.25) is 0 Å². The molecule has 0 aliphatic carbocycles. The molecule has 0 radical (unpaired) electrons. The minimum absolute atomic E-state index is 0.0800. The SMILES string of the molecule is C/C=C\c1c(N)ccc(O)c1Br.CC.Oc1ccc2ncc(C(F)(F)F)cc2c1. The van der Waals surface area contributed by atoms with Crippen LogP contribution in [0.5, 0.6) is 11.5 Å². The predicted molar refractivity (Wildman–Crippen MR) is 115 cm³/mol. The van der Waals surface area contributed by atoms with Crippen molar-refractivity contribution in [2.24, 2.45) is 0 Å². The summed E-state index contributed by atoms with van der Waals surface area (Å²) in [6, 6.07) is 8.29. The molecule has 0 amide bonds. The van der Waals surface area contributed by atoms with Gasteiger partial charge in [0.05, 0.1) is 15.6 Å². The molecule has 29 heavy (non-hydrogen) atoms. The quantitative estimate of drug-likeness (QED) is 0.271. The second kappa shape index (κ2) is 10.7. The highest BCUT2D eigenvalue weighted by Gasteiger charge is 2.30. The highest BCUT2D eigenvalue weighted by Crippen LogP contribution is 2.32. The number of phenols is 2. The van der Waals surface area contributed by atoms with E-state index in [9.17, 15) is 18.3 Å². The summed E-state index contributed by atoms with van der Waals surface area (Å²) in [5, 5.41) is 18.7. The van der Waals surface area contributed by atoms with E-state index in [4.69, 9.17) is 10.8 Å². The van der Waals surface area contributed by atoms with Crippen LogP contribution >= 0.6 is 15.9 Å². The lowest BCUT2D eigenvalue weighted by atomic mass is 10.1. The molecule has 0 saturated carbocycles. The normalized spacial score (nSPS) is 10.9. The number of allylic oxidation sites excluding steroid dienone is 1. The standard InChI is InChI=1S/C10H6F3NO.C9H10BrNO.C2H6/c11-10(12,13)7-3-6-4-8(15)1-2-9(6)14-5-7;1-2-3-6-7(11)4-5-8(12)9(6)10;1-2/h1-5,15H;2-5,12H,11H2,1H3;1-2H3/b;3-2-;. The van der Waals surface area contributed by atoms with E-state index in [1.165, 1.54) is 18.2 Å². The van der Waals surface area contributed by atoms with Gasteiger partial charge in [-0.05, 0) is 59.3 Å². The van der Waals surface area contributed by atoms with Crippen LogP contribution in [-0.2, 0) is 6.18 Å². The van der Waals surface area contributed by atoms with E-state index in [1.54, 1.807) is 12.1 Å². The minimum Gasteiger partial charge on any atom is -0.508 e. The molecule has 2 aromatic carbocycles. The summed E-state index contributed by atoms with van der Waals surface area (Å²) in [7, 11) is 0. The maximum Gasteiger partial charge on any atom is 0.417 e. The van der Waals surface area contributed by atoms with Crippen molar-refractivity contribution in [2.75, 3.05) is 5.73 Å². The number of hydrogen-bond donors (Lipinski definition) is 3. The van der Waals surface area contributed by atoms with Crippen LogP contribution in [0.1, 0.15) is 31.9 Å². The Morgan fingerprint density at radius 3 is 2.31 bits per heavy atom. The summed E-state index contributed by atoms with van der Waals surface area (Å²) in [6.07, 6.45) is 0.0844. The second-order valence-electron chi connectivity index (χ2n) is 5.50. The van der Waals surface area contributed by atoms with Gasteiger partial charge in [-0.15, -0.1) is 0 Å². The first kappa shape index (κ1) is 24.3. The van der Waals surface area contributed by atoms with Crippen molar-refractivity contribution < 1.29 is 23.4 Å². The first-order valence-corrected chi connectivity index (χ1v) is 9.48. The average molecular weight is 471 g/mol. The number of phenolic OH excluding ortho intramolecular Hbond substituents is 2. The Labute approximate surface area is 175 Å². The van der Waals surface area contributed by atoms with Crippen molar-refractivity contribution in [3.63, 3.8) is 0 Å². The van der Waals surface area contributed by atoms with Crippen LogP contribution < -0.4 is 5.73 Å². The number of fused-ring (bicyclic) bond motifs is 1. The van der Waals surface area contributed by atoms with Gasteiger partial charge in [-0.3, -0.25) is 4.98 Å². The number of nitrogens with two attached hydrogens (primary N) is 1. The molecule has 1 aromatic heterocycles. The van der Waals surface area contributed by atoms with Crippen molar-refractivity contribution in [3.8, 4) is 11.5 Å². The minimum atomic E-state index is -4.41. The number of alkyl halides is 3. The Bertz CT molecular complexity index is 990. The third-order valence-corrected chi connectivity index (χ3v) is 4.35. The summed E-state index contributed by atoms with van der Waals surface area (Å²) in [5.74, 6) is 0.126. The molecule has 0 unspecified atom stereocenters. The number of pyridine rings is 1. The lowest BCUT2D eigenvalue weighted by Gasteiger charge is -2.06. The van der Waals surface area contributed by atoms with E-state index < -0.39 is 11.7 Å². The van der Waals surface area contributed by atoms with E-state index in [2.05, 4.69) is 20.9 Å². The molecule has 0 aliphatic heterocycles. The smallest absolute Gasteiger partial charge is 0.417 e. The third kappa shape index (κ3) is 6.67. The molecule has 4 nitrogen and oxygen atoms in total. The van der Waals surface area contributed by atoms with E-state index in [0.717, 1.165) is 17.8 Å². The summed E-state index contributed by atoms with van der Waals surface area (Å²) in [6.45, 7) is 5.90. The Morgan fingerprint density at radius 2 is 1.72 bits per heavy atom. The van der Waals surface area contributed by atoms with Gasteiger partial charge in [0.1, 0.15) is 11.5 Å². The number of benzene rings is 2. The van der Waals surface area contributed by atoms with E-state index in [-0.39, 0.29) is 16.9 Å². The fourth-order valence-corrected chi connectivity index (χ4v) is 2.70. The molecule has 1 heterocycles. The van der Waals surface area contributed by atoms with Crippen molar-refractivity contribution in [1.82, 2.24) is 4.98 Å². The fourth-order valence-electron chi connectivity index (χ4n) is 2.21. The molecule has 0 atom stereocenters. The number of halogens is 4. The van der Waals surface area contributed by atoms with Gasteiger partial charge in [-0.2, -0.15) is 13.2 Å². The molecule has 0 bridgehead atoms. The van der Waals surface area contributed by atoms with E-state index in [0.29, 0.717) is 15.7 Å². The predicted octanol–water partition coefficient (Wildman–Crippen LogP) is 6.76. The molecule has 8 heteroatoms. The summed E-state index contributed by atoms with van der Waals surface area (Å²) < 4.78 is 37.6. The van der Waals surface area contributed by atoms with Gasteiger partial charge in [0, 0.05) is 22.8 Å². The van der Waals surface area contributed by atoms with Crippen molar-refractivity contribution in [3.05, 3.63) is 64.3 Å². The van der Waals surface area contributed by atoms with Gasteiger partial charge in [0.2, 0.25) is 0 Å². The maximum atomic E-state index is 12.3. The van der Waals surface area contributed by atoms with Crippen LogP contribution in [0.3, 0.4) is 0 Å². The molecule has 0 spiro atoms. The largest absolute Gasteiger partial charge is 0.508 e. The zero-order chi connectivity index (χ0) is 22.2. The molecular weight excluding hydrogens is 449 g/mol. The average Bonchev–Trinajstić information content (AvgIpc) is 2.69. The summed E-state index contributed by atoms with van der Waals surface area (Å²) in [4.78, 5) is 3.66. The van der Waals surface area contributed by atoms with Crippen LogP contribution in [0.25, 0.3) is 17.0 Å². The number of anilines is 1. The number of nitrogen functional groups attached to an aromatic ring is 1. The van der Waals surface area contributed by atoms with Gasteiger partial charge < -0.3 is 15.9 Å². The first-order valence-electron chi connectivity index (χ1n) is 8.69. The number of rotatable bonds is 1. The van der Waals surface area contributed by atoms with Crippen LogP contribution in [0.4, 0.5) is 18.9 Å². The molecule has 3 rings (SSSR count). The molecule has 4 N–H and O–H groups in total. The van der Waals surface area contributed by atoms with Crippen LogP contribution in [-0.4, -0.2) is 15.2 Å². The topological polar surface area (TPSA) is 79.4 Å². The van der Waals surface area contributed by atoms with Gasteiger partial charge in [-0.1, -0.05) is 26.0 Å².